The zero-order valence-corrected chi connectivity index (χ0v) is 11.2. The molecule has 0 radical (unpaired) electrons. The van der Waals surface area contributed by atoms with Crippen molar-refractivity contribution >= 4 is 0 Å². The molecule has 2 N–H and O–H groups in total. The minimum atomic E-state index is 0.624. The van der Waals surface area contributed by atoms with E-state index < -0.39 is 0 Å². The van der Waals surface area contributed by atoms with Crippen LogP contribution in [0.5, 0.6) is 11.5 Å². The van der Waals surface area contributed by atoms with Gasteiger partial charge in [0, 0.05) is 18.0 Å². The summed E-state index contributed by atoms with van der Waals surface area (Å²) in [6.45, 7) is 2.11. The summed E-state index contributed by atoms with van der Waals surface area (Å²) >= 11 is 0. The standard InChI is InChI=1S/C15H20N2O2/c1-18-14-5-2-6-15(12-14)19-11-10-17-9-3-4-13(17)7-8-16/h2-6,9,12H,7-8,10-11,16H2,1H3. The molecule has 2 rings (SSSR count). The molecule has 1 aromatic carbocycles. The molecule has 1 heterocycles. The Labute approximate surface area is 113 Å². The highest BCUT2D eigenvalue weighted by atomic mass is 16.5. The van der Waals surface area contributed by atoms with Gasteiger partial charge in [0.05, 0.1) is 13.7 Å². The predicted octanol–water partition coefficient (Wildman–Crippen LogP) is 2.08. The van der Waals surface area contributed by atoms with Gasteiger partial charge in [0.25, 0.3) is 0 Å². The molecule has 0 aliphatic carbocycles. The third-order valence-electron chi connectivity index (χ3n) is 2.97. The molecular weight excluding hydrogens is 240 g/mol. The van der Waals surface area contributed by atoms with Crippen LogP contribution >= 0.6 is 0 Å². The Bertz CT molecular complexity index is 508. The summed E-state index contributed by atoms with van der Waals surface area (Å²) in [5.74, 6) is 1.63. The monoisotopic (exact) mass is 260 g/mol. The Hall–Kier alpha value is -1.94. The first-order valence-electron chi connectivity index (χ1n) is 6.44. The fourth-order valence-electron chi connectivity index (χ4n) is 2.00. The largest absolute Gasteiger partial charge is 0.497 e. The average Bonchev–Trinajstić information content (AvgIpc) is 2.87. The molecule has 0 amide bonds. The van der Waals surface area contributed by atoms with Crippen LogP contribution in [0.15, 0.2) is 42.6 Å². The van der Waals surface area contributed by atoms with Gasteiger partial charge in [-0.3, -0.25) is 0 Å². The second-order valence-electron chi connectivity index (χ2n) is 4.26. The van der Waals surface area contributed by atoms with Gasteiger partial charge in [-0.1, -0.05) is 6.07 Å². The van der Waals surface area contributed by atoms with E-state index in [0.717, 1.165) is 24.5 Å². The Morgan fingerprint density at radius 3 is 2.79 bits per heavy atom. The lowest BCUT2D eigenvalue weighted by Gasteiger charge is -2.11. The van der Waals surface area contributed by atoms with E-state index in [1.54, 1.807) is 7.11 Å². The Kier molecular flexibility index (Phi) is 4.86. The van der Waals surface area contributed by atoms with Crippen molar-refractivity contribution in [2.75, 3.05) is 20.3 Å². The van der Waals surface area contributed by atoms with E-state index in [-0.39, 0.29) is 0 Å². The van der Waals surface area contributed by atoms with Crippen molar-refractivity contribution in [2.45, 2.75) is 13.0 Å². The van der Waals surface area contributed by atoms with Gasteiger partial charge in [0.2, 0.25) is 0 Å². The quantitative estimate of drug-likeness (QED) is 0.829. The molecular formula is C15H20N2O2. The number of ether oxygens (including phenoxy) is 2. The highest BCUT2D eigenvalue weighted by molar-refractivity contribution is 5.32. The van der Waals surface area contributed by atoms with Crippen molar-refractivity contribution in [3.8, 4) is 11.5 Å². The number of aromatic nitrogens is 1. The minimum Gasteiger partial charge on any atom is -0.497 e. The number of rotatable bonds is 7. The van der Waals surface area contributed by atoms with Crippen LogP contribution in [-0.4, -0.2) is 24.8 Å². The molecule has 0 spiro atoms. The van der Waals surface area contributed by atoms with Crippen molar-refractivity contribution in [1.82, 2.24) is 4.57 Å². The number of nitrogens with two attached hydrogens (primary N) is 1. The van der Waals surface area contributed by atoms with Crippen LogP contribution < -0.4 is 15.2 Å². The van der Waals surface area contributed by atoms with Crippen LogP contribution in [0.25, 0.3) is 0 Å². The normalized spacial score (nSPS) is 10.4. The maximum Gasteiger partial charge on any atom is 0.123 e. The van der Waals surface area contributed by atoms with E-state index in [0.29, 0.717) is 13.2 Å². The van der Waals surface area contributed by atoms with Crippen LogP contribution in [0.4, 0.5) is 0 Å². The molecule has 0 unspecified atom stereocenters. The van der Waals surface area contributed by atoms with E-state index >= 15 is 0 Å². The maximum atomic E-state index is 5.72. The number of benzene rings is 1. The number of hydrogen-bond donors (Lipinski definition) is 1. The fraction of sp³-hybridized carbons (Fsp3) is 0.333. The summed E-state index contributed by atoms with van der Waals surface area (Å²) in [6, 6.07) is 11.8. The first-order valence-corrected chi connectivity index (χ1v) is 6.44. The van der Waals surface area contributed by atoms with Crippen LogP contribution in [0.3, 0.4) is 0 Å². The lowest BCUT2D eigenvalue weighted by Crippen LogP contribution is -2.12. The number of nitrogens with zero attached hydrogens (tertiary/aromatic N) is 1. The van der Waals surface area contributed by atoms with E-state index in [2.05, 4.69) is 16.8 Å². The van der Waals surface area contributed by atoms with Gasteiger partial charge in [-0.25, -0.2) is 0 Å². The summed E-state index contributed by atoms with van der Waals surface area (Å²) < 4.78 is 13.1. The maximum absolute atomic E-state index is 5.72. The minimum absolute atomic E-state index is 0.624. The van der Waals surface area contributed by atoms with Crippen molar-refractivity contribution in [1.29, 1.82) is 0 Å². The zero-order chi connectivity index (χ0) is 13.5. The third-order valence-corrected chi connectivity index (χ3v) is 2.97. The van der Waals surface area contributed by atoms with Gasteiger partial charge in [-0.05, 0) is 37.2 Å². The number of hydrogen-bond acceptors (Lipinski definition) is 3. The lowest BCUT2D eigenvalue weighted by atomic mass is 10.3. The molecule has 102 valence electrons. The van der Waals surface area contributed by atoms with E-state index in [4.69, 9.17) is 15.2 Å². The zero-order valence-electron chi connectivity index (χ0n) is 11.2. The van der Waals surface area contributed by atoms with Crippen LogP contribution in [0.1, 0.15) is 5.69 Å². The molecule has 0 atom stereocenters. The molecule has 1 aromatic heterocycles. The predicted molar refractivity (Wildman–Crippen MR) is 75.7 cm³/mol. The molecule has 0 fully saturated rings. The Balaban J connectivity index is 1.87. The molecule has 4 heteroatoms. The smallest absolute Gasteiger partial charge is 0.123 e. The first-order chi connectivity index (χ1) is 9.33. The molecule has 0 aliphatic heterocycles. The van der Waals surface area contributed by atoms with Crippen molar-refractivity contribution < 1.29 is 9.47 Å². The van der Waals surface area contributed by atoms with Crippen LogP contribution in [0.2, 0.25) is 0 Å². The molecule has 0 saturated heterocycles. The van der Waals surface area contributed by atoms with Gasteiger partial charge in [0.1, 0.15) is 18.1 Å². The molecule has 2 aromatic rings. The second kappa shape index (κ2) is 6.85. The molecule has 0 saturated carbocycles. The van der Waals surface area contributed by atoms with Gasteiger partial charge in [-0.15, -0.1) is 0 Å². The SMILES string of the molecule is COc1cccc(OCCn2cccc2CCN)c1. The molecule has 19 heavy (non-hydrogen) atoms. The first kappa shape index (κ1) is 13.5. The third kappa shape index (κ3) is 3.76. The lowest BCUT2D eigenvalue weighted by molar-refractivity contribution is 0.295. The van der Waals surface area contributed by atoms with Crippen molar-refractivity contribution in [3.05, 3.63) is 48.3 Å². The summed E-state index contributed by atoms with van der Waals surface area (Å²) in [5.41, 5.74) is 6.83. The van der Waals surface area contributed by atoms with E-state index in [1.807, 2.05) is 30.3 Å². The van der Waals surface area contributed by atoms with Crippen molar-refractivity contribution in [2.24, 2.45) is 5.73 Å². The van der Waals surface area contributed by atoms with Gasteiger partial charge in [0.15, 0.2) is 0 Å². The number of methoxy groups -OCH3 is 1. The van der Waals surface area contributed by atoms with E-state index in [1.165, 1.54) is 5.69 Å². The highest BCUT2D eigenvalue weighted by Gasteiger charge is 2.01. The topological polar surface area (TPSA) is 49.4 Å². The molecule has 0 bridgehead atoms. The van der Waals surface area contributed by atoms with Gasteiger partial charge >= 0.3 is 0 Å². The Morgan fingerprint density at radius 1 is 1.16 bits per heavy atom. The molecule has 4 nitrogen and oxygen atoms in total. The fourth-order valence-corrected chi connectivity index (χ4v) is 2.00. The highest BCUT2D eigenvalue weighted by Crippen LogP contribution is 2.18. The summed E-state index contributed by atoms with van der Waals surface area (Å²) in [7, 11) is 1.65. The van der Waals surface area contributed by atoms with Crippen LogP contribution in [-0.2, 0) is 13.0 Å². The summed E-state index contributed by atoms with van der Waals surface area (Å²) in [5, 5.41) is 0. The molecule has 0 aliphatic rings. The van der Waals surface area contributed by atoms with Crippen molar-refractivity contribution in [3.63, 3.8) is 0 Å². The Morgan fingerprint density at radius 2 is 2.00 bits per heavy atom. The second-order valence-corrected chi connectivity index (χ2v) is 4.26. The van der Waals surface area contributed by atoms with E-state index in [9.17, 15) is 0 Å². The average molecular weight is 260 g/mol. The van der Waals surface area contributed by atoms with Gasteiger partial charge in [-0.2, -0.15) is 0 Å². The summed E-state index contributed by atoms with van der Waals surface area (Å²) in [6.07, 6.45) is 2.95. The van der Waals surface area contributed by atoms with Crippen LogP contribution in [0, 0.1) is 0 Å². The van der Waals surface area contributed by atoms with Gasteiger partial charge < -0.3 is 19.8 Å². The summed E-state index contributed by atoms with van der Waals surface area (Å²) in [4.78, 5) is 0.